The summed E-state index contributed by atoms with van der Waals surface area (Å²) in [5.41, 5.74) is 3.17. The van der Waals surface area contributed by atoms with Crippen LogP contribution in [0.4, 0.5) is 4.39 Å². The molecule has 0 heterocycles. The molecule has 0 aliphatic carbocycles. The van der Waals surface area contributed by atoms with E-state index >= 15 is 0 Å². The standard InChI is InChI=1S/C18H20FNO/c1-3-14-4-8-16(9-5-14)13(2)20-18(21)12-15-6-10-17(19)11-7-15/h4-11,13H,3,12H2,1-2H3,(H,20,21). The fraction of sp³-hybridized carbons (Fsp3) is 0.278. The Labute approximate surface area is 125 Å². The summed E-state index contributed by atoms with van der Waals surface area (Å²) < 4.78 is 12.8. The van der Waals surface area contributed by atoms with Crippen molar-refractivity contribution in [1.82, 2.24) is 5.32 Å². The number of amides is 1. The first-order chi connectivity index (χ1) is 10.1. The quantitative estimate of drug-likeness (QED) is 0.889. The molecule has 0 saturated carbocycles. The van der Waals surface area contributed by atoms with Crippen LogP contribution in [0.3, 0.4) is 0 Å². The molecule has 0 aliphatic rings. The normalized spacial score (nSPS) is 12.0. The van der Waals surface area contributed by atoms with Crippen molar-refractivity contribution in [3.8, 4) is 0 Å². The summed E-state index contributed by atoms with van der Waals surface area (Å²) in [6, 6.07) is 14.2. The zero-order chi connectivity index (χ0) is 15.2. The fourth-order valence-electron chi connectivity index (χ4n) is 2.21. The molecule has 0 spiro atoms. The first-order valence-electron chi connectivity index (χ1n) is 7.21. The van der Waals surface area contributed by atoms with Gasteiger partial charge in [-0.15, -0.1) is 0 Å². The van der Waals surface area contributed by atoms with E-state index in [1.807, 2.05) is 19.1 Å². The van der Waals surface area contributed by atoms with Crippen LogP contribution in [0.1, 0.15) is 36.6 Å². The summed E-state index contributed by atoms with van der Waals surface area (Å²) in [6.45, 7) is 4.08. The second kappa shape index (κ2) is 7.02. The predicted molar refractivity (Wildman–Crippen MR) is 82.5 cm³/mol. The summed E-state index contributed by atoms with van der Waals surface area (Å²) >= 11 is 0. The van der Waals surface area contributed by atoms with E-state index in [0.29, 0.717) is 0 Å². The zero-order valence-electron chi connectivity index (χ0n) is 12.4. The van der Waals surface area contributed by atoms with E-state index in [1.165, 1.54) is 17.7 Å². The summed E-state index contributed by atoms with van der Waals surface area (Å²) in [5, 5.41) is 2.96. The van der Waals surface area contributed by atoms with Crippen LogP contribution in [-0.4, -0.2) is 5.91 Å². The van der Waals surface area contributed by atoms with Crippen molar-refractivity contribution in [2.75, 3.05) is 0 Å². The molecule has 2 aromatic carbocycles. The number of carbonyl (C=O) groups excluding carboxylic acids is 1. The highest BCUT2D eigenvalue weighted by atomic mass is 19.1. The van der Waals surface area contributed by atoms with Crippen molar-refractivity contribution in [3.05, 3.63) is 71.0 Å². The lowest BCUT2D eigenvalue weighted by atomic mass is 10.0. The van der Waals surface area contributed by atoms with Gasteiger partial charge in [-0.1, -0.05) is 43.3 Å². The van der Waals surface area contributed by atoms with E-state index in [2.05, 4.69) is 24.4 Å². The highest BCUT2D eigenvalue weighted by Crippen LogP contribution is 2.14. The molecule has 2 aromatic rings. The molecule has 0 radical (unpaired) electrons. The molecule has 0 bridgehead atoms. The summed E-state index contributed by atoms with van der Waals surface area (Å²) in [5.74, 6) is -0.350. The van der Waals surface area contributed by atoms with Crippen LogP contribution in [0.5, 0.6) is 0 Å². The average Bonchev–Trinajstić information content (AvgIpc) is 2.49. The average molecular weight is 285 g/mol. The van der Waals surface area contributed by atoms with Gasteiger partial charge in [0.2, 0.25) is 5.91 Å². The molecule has 110 valence electrons. The summed E-state index contributed by atoms with van der Waals surface area (Å²) in [7, 11) is 0. The minimum atomic E-state index is -0.288. The fourth-order valence-corrected chi connectivity index (χ4v) is 2.21. The second-order valence-electron chi connectivity index (χ2n) is 5.19. The van der Waals surface area contributed by atoms with Gasteiger partial charge >= 0.3 is 0 Å². The largest absolute Gasteiger partial charge is 0.349 e. The minimum absolute atomic E-state index is 0.0381. The Kier molecular flexibility index (Phi) is 5.09. The van der Waals surface area contributed by atoms with Crippen molar-refractivity contribution in [2.24, 2.45) is 0 Å². The van der Waals surface area contributed by atoms with E-state index in [0.717, 1.165) is 17.5 Å². The molecule has 0 fully saturated rings. The molecule has 2 rings (SSSR count). The van der Waals surface area contributed by atoms with Gasteiger partial charge in [-0.2, -0.15) is 0 Å². The van der Waals surface area contributed by atoms with E-state index < -0.39 is 0 Å². The summed E-state index contributed by atoms with van der Waals surface area (Å²) in [6.07, 6.45) is 1.27. The second-order valence-corrected chi connectivity index (χ2v) is 5.19. The van der Waals surface area contributed by atoms with Gasteiger partial charge in [-0.05, 0) is 42.2 Å². The zero-order valence-corrected chi connectivity index (χ0v) is 12.4. The van der Waals surface area contributed by atoms with Crippen molar-refractivity contribution in [2.45, 2.75) is 32.7 Å². The number of hydrogen-bond acceptors (Lipinski definition) is 1. The van der Waals surface area contributed by atoms with Crippen LogP contribution in [-0.2, 0) is 17.6 Å². The third-order valence-electron chi connectivity index (χ3n) is 3.54. The molecule has 1 amide bonds. The van der Waals surface area contributed by atoms with Crippen molar-refractivity contribution < 1.29 is 9.18 Å². The Morgan fingerprint density at radius 2 is 1.62 bits per heavy atom. The maximum absolute atomic E-state index is 12.8. The van der Waals surface area contributed by atoms with Gasteiger partial charge in [0.25, 0.3) is 0 Å². The van der Waals surface area contributed by atoms with Crippen LogP contribution < -0.4 is 5.32 Å². The number of benzene rings is 2. The highest BCUT2D eigenvalue weighted by molar-refractivity contribution is 5.79. The topological polar surface area (TPSA) is 29.1 Å². The highest BCUT2D eigenvalue weighted by Gasteiger charge is 2.10. The third kappa shape index (κ3) is 4.42. The van der Waals surface area contributed by atoms with Crippen LogP contribution in [0.25, 0.3) is 0 Å². The Balaban J connectivity index is 1.93. The van der Waals surface area contributed by atoms with Gasteiger partial charge in [0.05, 0.1) is 12.5 Å². The number of nitrogens with one attached hydrogen (secondary N) is 1. The monoisotopic (exact) mass is 285 g/mol. The van der Waals surface area contributed by atoms with Crippen molar-refractivity contribution >= 4 is 5.91 Å². The van der Waals surface area contributed by atoms with Gasteiger partial charge in [-0.25, -0.2) is 4.39 Å². The van der Waals surface area contributed by atoms with Gasteiger partial charge in [0, 0.05) is 0 Å². The molecule has 0 aromatic heterocycles. The molecular formula is C18H20FNO. The van der Waals surface area contributed by atoms with Crippen molar-refractivity contribution in [3.63, 3.8) is 0 Å². The van der Waals surface area contributed by atoms with Crippen LogP contribution in [0, 0.1) is 5.82 Å². The lowest BCUT2D eigenvalue weighted by Crippen LogP contribution is -2.28. The molecule has 1 unspecified atom stereocenters. The number of halogens is 1. The summed E-state index contributed by atoms with van der Waals surface area (Å²) in [4.78, 5) is 12.0. The first kappa shape index (κ1) is 15.2. The maximum Gasteiger partial charge on any atom is 0.224 e. The maximum atomic E-state index is 12.8. The SMILES string of the molecule is CCc1ccc(C(C)NC(=O)Cc2ccc(F)cc2)cc1. The lowest BCUT2D eigenvalue weighted by Gasteiger charge is -2.15. The van der Waals surface area contributed by atoms with Gasteiger partial charge < -0.3 is 5.32 Å². The lowest BCUT2D eigenvalue weighted by molar-refractivity contribution is -0.121. The smallest absolute Gasteiger partial charge is 0.224 e. The Morgan fingerprint density at radius 3 is 2.19 bits per heavy atom. The molecule has 1 atom stereocenters. The van der Waals surface area contributed by atoms with Gasteiger partial charge in [-0.3, -0.25) is 4.79 Å². The van der Waals surface area contributed by atoms with Crippen LogP contribution >= 0.6 is 0 Å². The number of hydrogen-bond donors (Lipinski definition) is 1. The van der Waals surface area contributed by atoms with E-state index in [9.17, 15) is 9.18 Å². The molecule has 2 nitrogen and oxygen atoms in total. The molecule has 0 aliphatic heterocycles. The van der Waals surface area contributed by atoms with E-state index in [1.54, 1.807) is 12.1 Å². The number of aryl methyl sites for hydroxylation is 1. The molecule has 3 heteroatoms. The molecule has 21 heavy (non-hydrogen) atoms. The Morgan fingerprint density at radius 1 is 1.05 bits per heavy atom. The predicted octanol–water partition coefficient (Wildman–Crippen LogP) is 3.81. The van der Waals surface area contributed by atoms with Crippen LogP contribution in [0.15, 0.2) is 48.5 Å². The number of carbonyl (C=O) groups is 1. The van der Waals surface area contributed by atoms with Crippen molar-refractivity contribution in [1.29, 1.82) is 0 Å². The molecular weight excluding hydrogens is 265 g/mol. The molecule has 1 N–H and O–H groups in total. The van der Waals surface area contributed by atoms with Crippen LogP contribution in [0.2, 0.25) is 0 Å². The Hall–Kier alpha value is -2.16. The van der Waals surface area contributed by atoms with E-state index in [-0.39, 0.29) is 24.2 Å². The first-order valence-corrected chi connectivity index (χ1v) is 7.21. The Bertz CT molecular complexity index is 590. The van der Waals surface area contributed by atoms with Gasteiger partial charge in [0.1, 0.15) is 5.82 Å². The third-order valence-corrected chi connectivity index (χ3v) is 3.54. The van der Waals surface area contributed by atoms with E-state index in [4.69, 9.17) is 0 Å². The molecule has 0 saturated heterocycles. The van der Waals surface area contributed by atoms with Gasteiger partial charge in [0.15, 0.2) is 0 Å². The minimum Gasteiger partial charge on any atom is -0.349 e. The number of rotatable bonds is 5.